The predicted molar refractivity (Wildman–Crippen MR) is 113 cm³/mol. The zero-order chi connectivity index (χ0) is 24.0. The first-order valence-corrected chi connectivity index (χ1v) is 11.2. The van der Waals surface area contributed by atoms with E-state index in [2.05, 4.69) is 5.32 Å². The number of hydrogen-bond donors (Lipinski definition) is 2. The highest BCUT2D eigenvalue weighted by atomic mass is 19.4. The second-order valence-corrected chi connectivity index (χ2v) is 8.61. The Labute approximate surface area is 190 Å². The molecule has 1 aromatic rings. The third kappa shape index (κ3) is 6.59. The number of alkyl halides is 3. The Hall–Kier alpha value is -2.82. The van der Waals surface area contributed by atoms with Gasteiger partial charge in [0.15, 0.2) is 0 Å². The van der Waals surface area contributed by atoms with Crippen LogP contribution < -0.4 is 5.32 Å². The maximum atomic E-state index is 13.4. The summed E-state index contributed by atoms with van der Waals surface area (Å²) in [6.07, 6.45) is 1.74. The van der Waals surface area contributed by atoms with Crippen LogP contribution in [0.3, 0.4) is 0 Å². The van der Waals surface area contributed by atoms with Crippen molar-refractivity contribution in [2.24, 2.45) is 11.8 Å². The molecule has 0 radical (unpaired) electrons. The molecular formula is C22H29F3N4O4. The van der Waals surface area contributed by atoms with Crippen molar-refractivity contribution >= 4 is 24.0 Å². The number of anilines is 1. The van der Waals surface area contributed by atoms with Crippen LogP contribution in [0.15, 0.2) is 24.3 Å². The van der Waals surface area contributed by atoms with Gasteiger partial charge in [-0.15, -0.1) is 0 Å². The van der Waals surface area contributed by atoms with Crippen molar-refractivity contribution in [1.29, 1.82) is 0 Å². The SMILES string of the molecule is O=CN(O)C[C@@H](CC1CCCC1)C(=O)N1CCCCN1C(=O)Nc1ccc(C(F)(F)F)cc1. The number of amides is 4. The third-order valence-corrected chi connectivity index (χ3v) is 6.20. The summed E-state index contributed by atoms with van der Waals surface area (Å²) >= 11 is 0. The molecule has 0 bridgehead atoms. The molecular weight excluding hydrogens is 441 g/mol. The monoisotopic (exact) mass is 470 g/mol. The van der Waals surface area contributed by atoms with Crippen molar-refractivity contribution in [3.8, 4) is 0 Å². The summed E-state index contributed by atoms with van der Waals surface area (Å²) in [5, 5.41) is 15.3. The van der Waals surface area contributed by atoms with Crippen molar-refractivity contribution in [2.45, 2.75) is 51.1 Å². The number of benzene rings is 1. The molecule has 2 aliphatic rings. The van der Waals surface area contributed by atoms with E-state index in [4.69, 9.17) is 0 Å². The molecule has 8 nitrogen and oxygen atoms in total. The Balaban J connectivity index is 1.71. The molecule has 1 saturated heterocycles. The Bertz CT molecular complexity index is 828. The summed E-state index contributed by atoms with van der Waals surface area (Å²) in [6.45, 7) is 0.404. The molecule has 0 unspecified atom stereocenters. The molecule has 4 amide bonds. The highest BCUT2D eigenvalue weighted by Gasteiger charge is 2.36. The van der Waals surface area contributed by atoms with Gasteiger partial charge in [-0.1, -0.05) is 25.7 Å². The molecule has 11 heteroatoms. The average Bonchev–Trinajstić information content (AvgIpc) is 3.31. The number of nitrogens with one attached hydrogen (secondary N) is 1. The first kappa shape index (κ1) is 24.8. The molecule has 1 aromatic carbocycles. The van der Waals surface area contributed by atoms with Crippen LogP contribution in [-0.4, -0.2) is 58.3 Å². The number of urea groups is 1. The Morgan fingerprint density at radius 3 is 2.27 bits per heavy atom. The van der Waals surface area contributed by atoms with E-state index in [1.807, 2.05) is 0 Å². The van der Waals surface area contributed by atoms with Gasteiger partial charge in [0.05, 0.1) is 18.0 Å². The van der Waals surface area contributed by atoms with Gasteiger partial charge in [0.1, 0.15) is 0 Å². The zero-order valence-corrected chi connectivity index (χ0v) is 18.3. The molecule has 2 N–H and O–H groups in total. The molecule has 0 aromatic heterocycles. The van der Waals surface area contributed by atoms with Crippen molar-refractivity contribution in [3.05, 3.63) is 29.8 Å². The number of hydrogen-bond acceptors (Lipinski definition) is 4. The minimum absolute atomic E-state index is 0.163. The topological polar surface area (TPSA) is 93.2 Å². The number of carbonyl (C=O) groups is 3. The quantitative estimate of drug-likeness (QED) is 0.356. The van der Waals surface area contributed by atoms with E-state index in [-0.39, 0.29) is 31.1 Å². The number of carbonyl (C=O) groups excluding carboxylic acids is 3. The summed E-state index contributed by atoms with van der Waals surface area (Å²) in [6, 6.07) is 3.45. The number of hydroxylamine groups is 2. The molecule has 0 spiro atoms. The van der Waals surface area contributed by atoms with Crippen molar-refractivity contribution < 1.29 is 32.8 Å². The summed E-state index contributed by atoms with van der Waals surface area (Å²) in [7, 11) is 0. The van der Waals surface area contributed by atoms with E-state index in [0.717, 1.165) is 49.9 Å². The highest BCUT2D eigenvalue weighted by Crippen LogP contribution is 2.32. The lowest BCUT2D eigenvalue weighted by Gasteiger charge is -2.40. The predicted octanol–water partition coefficient (Wildman–Crippen LogP) is 4.12. The Kier molecular flexibility index (Phi) is 8.17. The summed E-state index contributed by atoms with van der Waals surface area (Å²) in [5.74, 6) is -0.703. The molecule has 1 atom stereocenters. The summed E-state index contributed by atoms with van der Waals surface area (Å²) in [5.41, 5.74) is -0.648. The maximum Gasteiger partial charge on any atom is 0.416 e. The van der Waals surface area contributed by atoms with Crippen LogP contribution in [0.5, 0.6) is 0 Å². The minimum atomic E-state index is -4.48. The van der Waals surface area contributed by atoms with Gasteiger partial charge >= 0.3 is 12.2 Å². The van der Waals surface area contributed by atoms with Gasteiger partial charge < -0.3 is 5.32 Å². The number of hydrazine groups is 1. The normalized spacial score (nSPS) is 18.2. The lowest BCUT2D eigenvalue weighted by molar-refractivity contribution is -0.164. The standard InChI is InChI=1S/C22H29F3N4O4/c23-22(24,25)18-7-9-19(10-8-18)26-21(32)29-12-4-3-11-28(29)20(31)17(14-27(33)15-30)13-16-5-1-2-6-16/h7-10,15-17,33H,1-6,11-14H2,(H,26,32)/t17-/m1/s1. The van der Waals surface area contributed by atoms with Crippen LogP contribution in [0.1, 0.15) is 50.5 Å². The van der Waals surface area contributed by atoms with E-state index < -0.39 is 23.7 Å². The van der Waals surface area contributed by atoms with Crippen LogP contribution in [0, 0.1) is 11.8 Å². The smallest absolute Gasteiger partial charge is 0.306 e. The van der Waals surface area contributed by atoms with Crippen LogP contribution in [-0.2, 0) is 15.8 Å². The lowest BCUT2D eigenvalue weighted by atomic mass is 9.92. The Morgan fingerprint density at radius 2 is 1.70 bits per heavy atom. The van der Waals surface area contributed by atoms with E-state index >= 15 is 0 Å². The molecule has 1 aliphatic heterocycles. The molecule has 2 fully saturated rings. The fourth-order valence-electron chi connectivity index (χ4n) is 4.52. The molecule has 1 saturated carbocycles. The average molecular weight is 470 g/mol. The highest BCUT2D eigenvalue weighted by molar-refractivity contribution is 5.91. The number of nitrogens with zero attached hydrogens (tertiary/aromatic N) is 3. The first-order valence-electron chi connectivity index (χ1n) is 11.2. The molecule has 33 heavy (non-hydrogen) atoms. The second-order valence-electron chi connectivity index (χ2n) is 8.61. The molecule has 182 valence electrons. The number of halogens is 3. The van der Waals surface area contributed by atoms with Crippen molar-refractivity contribution in [3.63, 3.8) is 0 Å². The largest absolute Gasteiger partial charge is 0.416 e. The van der Waals surface area contributed by atoms with Gasteiger partial charge in [0.25, 0.3) is 0 Å². The van der Waals surface area contributed by atoms with E-state index in [1.54, 1.807) is 0 Å². The Morgan fingerprint density at radius 1 is 1.09 bits per heavy atom. The van der Waals surface area contributed by atoms with Gasteiger partial charge in [-0.2, -0.15) is 13.2 Å². The minimum Gasteiger partial charge on any atom is -0.306 e. The van der Waals surface area contributed by atoms with E-state index in [1.165, 1.54) is 10.0 Å². The second kappa shape index (κ2) is 10.9. The van der Waals surface area contributed by atoms with Gasteiger partial charge in [-0.25, -0.2) is 19.9 Å². The molecule has 3 rings (SSSR count). The van der Waals surface area contributed by atoms with Crippen LogP contribution in [0.4, 0.5) is 23.7 Å². The van der Waals surface area contributed by atoms with Crippen LogP contribution in [0.2, 0.25) is 0 Å². The number of rotatable bonds is 7. The maximum absolute atomic E-state index is 13.4. The van der Waals surface area contributed by atoms with Gasteiger partial charge in [0, 0.05) is 18.8 Å². The first-order chi connectivity index (χ1) is 15.7. The van der Waals surface area contributed by atoms with Crippen LogP contribution >= 0.6 is 0 Å². The van der Waals surface area contributed by atoms with Gasteiger partial charge in [-0.3, -0.25) is 14.8 Å². The van der Waals surface area contributed by atoms with E-state index in [9.17, 15) is 32.8 Å². The van der Waals surface area contributed by atoms with Crippen molar-refractivity contribution in [1.82, 2.24) is 15.1 Å². The molecule has 1 aliphatic carbocycles. The van der Waals surface area contributed by atoms with Gasteiger partial charge in [0.2, 0.25) is 12.3 Å². The van der Waals surface area contributed by atoms with E-state index in [0.29, 0.717) is 36.8 Å². The summed E-state index contributed by atoms with van der Waals surface area (Å²) in [4.78, 5) is 37.2. The fourth-order valence-corrected chi connectivity index (χ4v) is 4.52. The molecule has 1 heterocycles. The fraction of sp³-hybridized carbons (Fsp3) is 0.591. The summed E-state index contributed by atoms with van der Waals surface area (Å²) < 4.78 is 38.3. The van der Waals surface area contributed by atoms with Crippen molar-refractivity contribution in [2.75, 3.05) is 25.0 Å². The van der Waals surface area contributed by atoms with Crippen LogP contribution in [0.25, 0.3) is 0 Å². The lowest BCUT2D eigenvalue weighted by Crippen LogP contribution is -2.57. The zero-order valence-electron chi connectivity index (χ0n) is 18.3. The van der Waals surface area contributed by atoms with Gasteiger partial charge in [-0.05, 0) is 49.4 Å². The third-order valence-electron chi connectivity index (χ3n) is 6.20.